The first-order valence-electron chi connectivity index (χ1n) is 8.18. The van der Waals surface area contributed by atoms with E-state index in [9.17, 15) is 4.79 Å². The standard InChI is InChI=1S/C20H14BrN5O/c21-16-5-7-17(8-6-16)25-20(27)18-4-2-10-23-19(18)26-13-15(12-24-26)14-3-1-9-22-11-14/h1-13H,(H,25,27). The summed E-state index contributed by atoms with van der Waals surface area (Å²) in [6, 6.07) is 14.7. The van der Waals surface area contributed by atoms with Gasteiger partial charge in [-0.3, -0.25) is 9.78 Å². The van der Waals surface area contributed by atoms with Crippen molar-refractivity contribution in [2.45, 2.75) is 0 Å². The van der Waals surface area contributed by atoms with E-state index in [4.69, 9.17) is 0 Å². The molecule has 0 saturated heterocycles. The highest BCUT2D eigenvalue weighted by Gasteiger charge is 2.15. The van der Waals surface area contributed by atoms with Crippen molar-refractivity contribution in [1.82, 2.24) is 19.7 Å². The predicted octanol–water partition coefficient (Wildman–Crippen LogP) is 4.34. The summed E-state index contributed by atoms with van der Waals surface area (Å²) in [7, 11) is 0. The van der Waals surface area contributed by atoms with Gasteiger partial charge in [0.25, 0.3) is 5.91 Å². The fourth-order valence-electron chi connectivity index (χ4n) is 2.61. The average Bonchev–Trinajstić information content (AvgIpc) is 3.20. The molecule has 0 bridgehead atoms. The zero-order chi connectivity index (χ0) is 18.6. The van der Waals surface area contributed by atoms with Crippen LogP contribution in [0.5, 0.6) is 0 Å². The molecule has 0 spiro atoms. The zero-order valence-electron chi connectivity index (χ0n) is 14.1. The van der Waals surface area contributed by atoms with Crippen LogP contribution in [-0.2, 0) is 0 Å². The van der Waals surface area contributed by atoms with E-state index in [2.05, 4.69) is 36.3 Å². The summed E-state index contributed by atoms with van der Waals surface area (Å²) in [4.78, 5) is 21.2. The molecule has 6 nitrogen and oxygen atoms in total. The molecule has 3 aromatic heterocycles. The van der Waals surface area contributed by atoms with Gasteiger partial charge in [-0.2, -0.15) is 5.10 Å². The Morgan fingerprint density at radius 3 is 2.56 bits per heavy atom. The number of carbonyl (C=O) groups excluding carboxylic acids is 1. The van der Waals surface area contributed by atoms with Gasteiger partial charge in [0.2, 0.25) is 0 Å². The number of aromatic nitrogens is 4. The summed E-state index contributed by atoms with van der Waals surface area (Å²) in [6.07, 6.45) is 8.67. The summed E-state index contributed by atoms with van der Waals surface area (Å²) in [5.74, 6) is 0.209. The summed E-state index contributed by atoms with van der Waals surface area (Å²) in [5, 5.41) is 7.25. The Hall–Kier alpha value is -3.32. The monoisotopic (exact) mass is 419 g/mol. The van der Waals surface area contributed by atoms with Crippen LogP contribution in [-0.4, -0.2) is 25.7 Å². The molecule has 7 heteroatoms. The van der Waals surface area contributed by atoms with Crippen molar-refractivity contribution in [1.29, 1.82) is 0 Å². The Balaban J connectivity index is 1.64. The van der Waals surface area contributed by atoms with Crippen LogP contribution in [0.3, 0.4) is 0 Å². The topological polar surface area (TPSA) is 72.7 Å². The Labute approximate surface area is 164 Å². The molecule has 4 aromatic rings. The van der Waals surface area contributed by atoms with Gasteiger partial charge in [0, 0.05) is 46.1 Å². The van der Waals surface area contributed by atoms with Crippen LogP contribution in [0.15, 0.2) is 84.0 Å². The third kappa shape index (κ3) is 3.78. The van der Waals surface area contributed by atoms with Crippen LogP contribution < -0.4 is 5.32 Å². The van der Waals surface area contributed by atoms with E-state index in [1.54, 1.807) is 41.6 Å². The normalized spacial score (nSPS) is 10.6. The Bertz CT molecular complexity index is 1080. The van der Waals surface area contributed by atoms with Gasteiger partial charge in [0.05, 0.1) is 11.8 Å². The highest BCUT2D eigenvalue weighted by atomic mass is 79.9. The lowest BCUT2D eigenvalue weighted by Crippen LogP contribution is -2.16. The zero-order valence-corrected chi connectivity index (χ0v) is 15.7. The third-order valence-electron chi connectivity index (χ3n) is 3.93. The molecule has 0 unspecified atom stereocenters. The van der Waals surface area contributed by atoms with Gasteiger partial charge in [-0.05, 0) is 42.5 Å². The minimum absolute atomic E-state index is 0.251. The van der Waals surface area contributed by atoms with Crippen LogP contribution in [0.1, 0.15) is 10.4 Å². The number of hydrogen-bond acceptors (Lipinski definition) is 4. The van der Waals surface area contributed by atoms with E-state index < -0.39 is 0 Å². The number of nitrogens with one attached hydrogen (secondary N) is 1. The first-order chi connectivity index (χ1) is 13.2. The molecule has 0 aliphatic carbocycles. The van der Waals surface area contributed by atoms with E-state index in [1.807, 2.05) is 42.6 Å². The fraction of sp³-hybridized carbons (Fsp3) is 0. The number of anilines is 1. The molecule has 0 aliphatic heterocycles. The van der Waals surface area contributed by atoms with Crippen molar-refractivity contribution in [2.75, 3.05) is 5.32 Å². The van der Waals surface area contributed by atoms with Crippen molar-refractivity contribution >= 4 is 27.5 Å². The minimum atomic E-state index is -0.251. The van der Waals surface area contributed by atoms with Gasteiger partial charge >= 0.3 is 0 Å². The lowest BCUT2D eigenvalue weighted by atomic mass is 10.2. The molecule has 0 radical (unpaired) electrons. The molecule has 0 fully saturated rings. The Morgan fingerprint density at radius 1 is 0.963 bits per heavy atom. The Kier molecular flexibility index (Phi) is 4.76. The molecule has 0 aliphatic rings. The maximum atomic E-state index is 12.8. The second kappa shape index (κ2) is 7.51. The number of nitrogens with zero attached hydrogens (tertiary/aromatic N) is 4. The summed E-state index contributed by atoms with van der Waals surface area (Å²) >= 11 is 3.38. The first kappa shape index (κ1) is 17.1. The van der Waals surface area contributed by atoms with E-state index >= 15 is 0 Å². The largest absolute Gasteiger partial charge is 0.322 e. The van der Waals surface area contributed by atoms with Crippen LogP contribution >= 0.6 is 15.9 Å². The van der Waals surface area contributed by atoms with Gasteiger partial charge in [-0.15, -0.1) is 0 Å². The van der Waals surface area contributed by atoms with Crippen LogP contribution in [0.25, 0.3) is 16.9 Å². The van der Waals surface area contributed by atoms with Gasteiger partial charge < -0.3 is 5.32 Å². The van der Waals surface area contributed by atoms with Crippen LogP contribution in [0.4, 0.5) is 5.69 Å². The van der Waals surface area contributed by atoms with E-state index in [1.165, 1.54) is 0 Å². The summed E-state index contributed by atoms with van der Waals surface area (Å²) < 4.78 is 2.54. The molecular formula is C20H14BrN5O. The number of amides is 1. The molecule has 0 atom stereocenters. The average molecular weight is 420 g/mol. The maximum Gasteiger partial charge on any atom is 0.259 e. The first-order valence-corrected chi connectivity index (χ1v) is 8.97. The highest BCUT2D eigenvalue weighted by Crippen LogP contribution is 2.21. The second-order valence-electron chi connectivity index (χ2n) is 5.75. The smallest absolute Gasteiger partial charge is 0.259 e. The van der Waals surface area contributed by atoms with Gasteiger partial charge in [0.1, 0.15) is 0 Å². The lowest BCUT2D eigenvalue weighted by molar-refractivity contribution is 0.102. The van der Waals surface area contributed by atoms with Gasteiger partial charge in [0.15, 0.2) is 5.82 Å². The second-order valence-corrected chi connectivity index (χ2v) is 6.67. The Morgan fingerprint density at radius 2 is 1.78 bits per heavy atom. The van der Waals surface area contributed by atoms with E-state index in [-0.39, 0.29) is 5.91 Å². The molecular weight excluding hydrogens is 406 g/mol. The lowest BCUT2D eigenvalue weighted by Gasteiger charge is -2.09. The van der Waals surface area contributed by atoms with Crippen molar-refractivity contribution in [2.24, 2.45) is 0 Å². The molecule has 132 valence electrons. The number of rotatable bonds is 4. The molecule has 1 amide bonds. The molecule has 3 heterocycles. The number of pyridine rings is 2. The van der Waals surface area contributed by atoms with Crippen LogP contribution in [0, 0.1) is 0 Å². The summed E-state index contributed by atoms with van der Waals surface area (Å²) in [6.45, 7) is 0. The number of benzene rings is 1. The highest BCUT2D eigenvalue weighted by molar-refractivity contribution is 9.10. The van der Waals surface area contributed by atoms with Crippen molar-refractivity contribution < 1.29 is 4.79 Å². The minimum Gasteiger partial charge on any atom is -0.322 e. The number of hydrogen-bond donors (Lipinski definition) is 1. The van der Waals surface area contributed by atoms with E-state index in [0.717, 1.165) is 15.6 Å². The van der Waals surface area contributed by atoms with Gasteiger partial charge in [-0.25, -0.2) is 9.67 Å². The van der Waals surface area contributed by atoms with Crippen molar-refractivity contribution in [3.05, 3.63) is 89.6 Å². The van der Waals surface area contributed by atoms with Crippen molar-refractivity contribution in [3.63, 3.8) is 0 Å². The number of halogens is 1. The van der Waals surface area contributed by atoms with Crippen molar-refractivity contribution in [3.8, 4) is 16.9 Å². The quantitative estimate of drug-likeness (QED) is 0.533. The fourth-order valence-corrected chi connectivity index (χ4v) is 2.87. The molecule has 0 saturated carbocycles. The van der Waals surface area contributed by atoms with Crippen LogP contribution in [0.2, 0.25) is 0 Å². The third-order valence-corrected chi connectivity index (χ3v) is 4.46. The van der Waals surface area contributed by atoms with Gasteiger partial charge in [-0.1, -0.05) is 22.0 Å². The molecule has 1 aromatic carbocycles. The molecule has 1 N–H and O–H groups in total. The number of carbonyl (C=O) groups is 1. The predicted molar refractivity (Wildman–Crippen MR) is 107 cm³/mol. The maximum absolute atomic E-state index is 12.8. The SMILES string of the molecule is O=C(Nc1ccc(Br)cc1)c1cccnc1-n1cc(-c2cccnc2)cn1. The summed E-state index contributed by atoms with van der Waals surface area (Å²) in [5.41, 5.74) is 2.98. The molecule has 27 heavy (non-hydrogen) atoms. The van der Waals surface area contributed by atoms with E-state index in [0.29, 0.717) is 17.1 Å². The molecule has 4 rings (SSSR count).